The van der Waals surface area contributed by atoms with Gasteiger partial charge in [-0.25, -0.2) is 4.98 Å². The van der Waals surface area contributed by atoms with Gasteiger partial charge >= 0.3 is 6.08 Å². The summed E-state index contributed by atoms with van der Waals surface area (Å²) in [5, 5.41) is 39.4. The predicted molar refractivity (Wildman–Crippen MR) is 91.2 cm³/mol. The zero-order valence-corrected chi connectivity index (χ0v) is 14.8. The van der Waals surface area contributed by atoms with Crippen LogP contribution in [-0.2, 0) is 9.47 Å². The summed E-state index contributed by atoms with van der Waals surface area (Å²) >= 11 is 0. The predicted octanol–water partition coefficient (Wildman–Crippen LogP) is -1.68. The van der Waals surface area contributed by atoms with Crippen LogP contribution in [0.15, 0.2) is 6.33 Å². The minimum Gasteiger partial charge on any atom is -0.396 e. The normalized spacial score (nSPS) is 35.8. The number of rotatable bonds is 5. The van der Waals surface area contributed by atoms with Gasteiger partial charge < -0.3 is 35.6 Å². The van der Waals surface area contributed by atoms with Crippen molar-refractivity contribution in [2.45, 2.75) is 49.6 Å². The molecule has 154 valence electrons. The van der Waals surface area contributed by atoms with Gasteiger partial charge in [0.2, 0.25) is 0 Å². The Morgan fingerprint density at radius 3 is 2.75 bits per heavy atom. The van der Waals surface area contributed by atoms with Crippen LogP contribution >= 0.6 is 0 Å². The first kappa shape index (κ1) is 19.4. The highest BCUT2D eigenvalue weighted by atomic mass is 19.1. The van der Waals surface area contributed by atoms with E-state index in [1.807, 2.05) is 0 Å². The second-order valence-electron chi connectivity index (χ2n) is 7.18. The number of halogens is 1. The van der Waals surface area contributed by atoms with Gasteiger partial charge in [0.05, 0.1) is 31.2 Å². The van der Waals surface area contributed by atoms with Crippen molar-refractivity contribution in [3.8, 4) is 0 Å². The number of hydrogen-bond acceptors (Lipinski definition) is 10. The molecule has 1 aliphatic carbocycles. The second kappa shape index (κ2) is 7.46. The molecule has 3 heterocycles. The van der Waals surface area contributed by atoms with Crippen molar-refractivity contribution in [2.75, 3.05) is 18.9 Å². The van der Waals surface area contributed by atoms with Crippen LogP contribution in [0, 0.1) is 12.0 Å². The molecule has 7 unspecified atom stereocenters. The second-order valence-corrected chi connectivity index (χ2v) is 7.18. The van der Waals surface area contributed by atoms with Crippen molar-refractivity contribution in [1.29, 1.82) is 0 Å². The van der Waals surface area contributed by atoms with E-state index in [1.54, 1.807) is 0 Å². The number of nitrogens with two attached hydrogens (primary N) is 1. The highest BCUT2D eigenvalue weighted by molar-refractivity contribution is 5.81. The van der Waals surface area contributed by atoms with E-state index in [1.165, 1.54) is 10.9 Å². The molecular formula is C16H22FN5O6. The van der Waals surface area contributed by atoms with Crippen molar-refractivity contribution in [2.24, 2.45) is 5.92 Å². The van der Waals surface area contributed by atoms with Gasteiger partial charge in [-0.05, 0) is 6.42 Å². The van der Waals surface area contributed by atoms with Crippen LogP contribution in [-0.4, -0.2) is 83.7 Å². The van der Waals surface area contributed by atoms with Gasteiger partial charge in [-0.3, -0.25) is 4.57 Å². The number of aromatic nitrogens is 4. The van der Waals surface area contributed by atoms with Crippen LogP contribution in [0.4, 0.5) is 10.2 Å². The Bertz CT molecular complexity index is 852. The van der Waals surface area contributed by atoms with Gasteiger partial charge in [-0.15, -0.1) is 0 Å². The van der Waals surface area contributed by atoms with E-state index in [9.17, 15) is 24.8 Å². The third-order valence-electron chi connectivity index (χ3n) is 5.34. The van der Waals surface area contributed by atoms with Crippen molar-refractivity contribution in [3.05, 3.63) is 12.4 Å². The summed E-state index contributed by atoms with van der Waals surface area (Å²) in [6.07, 6.45) is -4.18. The maximum absolute atomic E-state index is 13.5. The molecule has 0 amide bonds. The molecule has 7 atom stereocenters. The lowest BCUT2D eigenvalue weighted by Gasteiger charge is -2.20. The first-order chi connectivity index (χ1) is 13.4. The molecule has 1 saturated carbocycles. The van der Waals surface area contributed by atoms with Crippen molar-refractivity contribution in [1.82, 2.24) is 19.5 Å². The molecule has 0 spiro atoms. The molecule has 1 saturated heterocycles. The largest absolute Gasteiger partial charge is 0.396 e. The molecule has 0 bridgehead atoms. The van der Waals surface area contributed by atoms with E-state index in [0.717, 1.165) is 0 Å². The lowest BCUT2D eigenvalue weighted by Crippen LogP contribution is -2.34. The van der Waals surface area contributed by atoms with Gasteiger partial charge in [-0.2, -0.15) is 14.4 Å². The number of hydrogen-bond donors (Lipinski definition) is 5. The molecule has 2 aromatic rings. The summed E-state index contributed by atoms with van der Waals surface area (Å²) < 4.78 is 26.4. The topological polar surface area (TPSA) is 169 Å². The molecule has 11 nitrogen and oxygen atoms in total. The van der Waals surface area contributed by atoms with Crippen LogP contribution in [0.1, 0.15) is 19.1 Å². The number of nitrogens with zero attached hydrogens (tertiary/aromatic N) is 4. The van der Waals surface area contributed by atoms with E-state index in [2.05, 4.69) is 15.0 Å². The molecule has 6 N–H and O–H groups in total. The SMILES string of the molecule is Nc1nc(F)nc2c1ncn2C1OC(COC2CC(CO)C(O)C2O)CC1O. The van der Waals surface area contributed by atoms with Gasteiger partial charge in [0.25, 0.3) is 0 Å². The highest BCUT2D eigenvalue weighted by Gasteiger charge is 2.43. The maximum atomic E-state index is 13.5. The van der Waals surface area contributed by atoms with Crippen molar-refractivity contribution >= 4 is 17.0 Å². The third-order valence-corrected chi connectivity index (χ3v) is 5.34. The molecule has 2 fully saturated rings. The Balaban J connectivity index is 1.43. The fourth-order valence-corrected chi connectivity index (χ4v) is 3.84. The lowest BCUT2D eigenvalue weighted by atomic mass is 10.1. The lowest BCUT2D eigenvalue weighted by molar-refractivity contribution is -0.0992. The first-order valence-electron chi connectivity index (χ1n) is 8.96. The van der Waals surface area contributed by atoms with E-state index in [0.29, 0.717) is 6.42 Å². The average Bonchev–Trinajstić information content (AvgIpc) is 3.31. The number of ether oxygens (including phenoxy) is 2. The van der Waals surface area contributed by atoms with Crippen LogP contribution in [0.3, 0.4) is 0 Å². The third kappa shape index (κ3) is 3.32. The zero-order chi connectivity index (χ0) is 20.0. The molecule has 0 aromatic carbocycles. The number of aliphatic hydroxyl groups excluding tert-OH is 4. The van der Waals surface area contributed by atoms with Gasteiger partial charge in [0.1, 0.15) is 12.2 Å². The van der Waals surface area contributed by atoms with E-state index in [-0.39, 0.29) is 36.6 Å². The number of aliphatic hydroxyl groups is 4. The van der Waals surface area contributed by atoms with Crippen LogP contribution in [0.2, 0.25) is 0 Å². The van der Waals surface area contributed by atoms with E-state index >= 15 is 0 Å². The highest BCUT2D eigenvalue weighted by Crippen LogP contribution is 2.33. The number of fused-ring (bicyclic) bond motifs is 1. The van der Waals surface area contributed by atoms with Gasteiger partial charge in [0, 0.05) is 18.9 Å². The fourth-order valence-electron chi connectivity index (χ4n) is 3.84. The van der Waals surface area contributed by atoms with Gasteiger partial charge in [-0.1, -0.05) is 0 Å². The van der Waals surface area contributed by atoms with Crippen LogP contribution in [0.25, 0.3) is 11.2 Å². The number of imidazole rings is 1. The summed E-state index contributed by atoms with van der Waals surface area (Å²) in [6, 6.07) is 0. The molecule has 2 aromatic heterocycles. The molecule has 4 rings (SSSR count). The van der Waals surface area contributed by atoms with Crippen molar-refractivity contribution in [3.63, 3.8) is 0 Å². The van der Waals surface area contributed by atoms with Crippen LogP contribution in [0.5, 0.6) is 0 Å². The monoisotopic (exact) mass is 399 g/mol. The summed E-state index contributed by atoms with van der Waals surface area (Å²) in [5.74, 6) is -0.555. The maximum Gasteiger partial charge on any atom is 0.312 e. The zero-order valence-electron chi connectivity index (χ0n) is 14.8. The number of anilines is 1. The minimum atomic E-state index is -1.10. The van der Waals surface area contributed by atoms with E-state index < -0.39 is 48.7 Å². The quantitative estimate of drug-likeness (QED) is 0.366. The molecule has 0 radical (unpaired) electrons. The average molecular weight is 399 g/mol. The molecule has 28 heavy (non-hydrogen) atoms. The Labute approximate surface area is 158 Å². The number of nitrogen functional groups attached to an aromatic ring is 1. The van der Waals surface area contributed by atoms with E-state index in [4.69, 9.17) is 15.2 Å². The Kier molecular flexibility index (Phi) is 5.16. The molecule has 2 aliphatic rings. The smallest absolute Gasteiger partial charge is 0.312 e. The Morgan fingerprint density at radius 2 is 2.04 bits per heavy atom. The minimum absolute atomic E-state index is 0.0677. The standard InChI is InChI=1S/C16H22FN5O6/c17-16-20-13(18)10-14(21-16)22(5-19-10)15-8(24)2-7(28-15)4-27-9-1-6(3-23)11(25)12(9)26/h5-9,11-12,15,23-26H,1-4H2,(H2,18,20,21). The fraction of sp³-hybridized carbons (Fsp3) is 0.688. The summed E-state index contributed by atoms with van der Waals surface area (Å²) in [4.78, 5) is 11.1. The molecule has 12 heteroatoms. The molecule has 1 aliphatic heterocycles. The first-order valence-corrected chi connectivity index (χ1v) is 8.96. The van der Waals surface area contributed by atoms with Crippen molar-refractivity contribution < 1.29 is 34.3 Å². The molecular weight excluding hydrogens is 377 g/mol. The summed E-state index contributed by atoms with van der Waals surface area (Å²) in [7, 11) is 0. The Morgan fingerprint density at radius 1 is 1.25 bits per heavy atom. The van der Waals surface area contributed by atoms with Crippen LogP contribution < -0.4 is 5.73 Å². The summed E-state index contributed by atoms with van der Waals surface area (Å²) in [6.45, 7) is -0.174. The summed E-state index contributed by atoms with van der Waals surface area (Å²) in [5.41, 5.74) is 5.95. The Hall–Kier alpha value is -1.96. The van der Waals surface area contributed by atoms with Gasteiger partial charge in [0.15, 0.2) is 23.2 Å².